The SMILES string of the molecule is FC(F)(F)c1cc(-c2cncs2)ccc1OCCCCCCc1ccccc1. The van der Waals surface area contributed by atoms with Crippen molar-refractivity contribution in [1.82, 2.24) is 4.98 Å². The molecule has 0 atom stereocenters. The van der Waals surface area contributed by atoms with Crippen LogP contribution in [0.4, 0.5) is 13.2 Å². The minimum Gasteiger partial charge on any atom is -0.493 e. The smallest absolute Gasteiger partial charge is 0.419 e. The van der Waals surface area contributed by atoms with Crippen molar-refractivity contribution in [3.05, 3.63) is 71.4 Å². The van der Waals surface area contributed by atoms with Crippen LogP contribution >= 0.6 is 11.3 Å². The Morgan fingerprint density at radius 1 is 0.929 bits per heavy atom. The Bertz CT molecular complexity index is 848. The highest BCUT2D eigenvalue weighted by Gasteiger charge is 2.34. The Labute approximate surface area is 167 Å². The fourth-order valence-corrected chi connectivity index (χ4v) is 3.62. The van der Waals surface area contributed by atoms with E-state index in [1.54, 1.807) is 17.8 Å². The number of halogens is 3. The van der Waals surface area contributed by atoms with E-state index in [-0.39, 0.29) is 12.4 Å². The van der Waals surface area contributed by atoms with Crippen LogP contribution in [0.15, 0.2) is 60.2 Å². The summed E-state index contributed by atoms with van der Waals surface area (Å²) >= 11 is 1.31. The van der Waals surface area contributed by atoms with Gasteiger partial charge in [-0.1, -0.05) is 43.2 Å². The number of hydrogen-bond donors (Lipinski definition) is 0. The molecule has 6 heteroatoms. The van der Waals surface area contributed by atoms with Gasteiger partial charge in [-0.2, -0.15) is 13.2 Å². The van der Waals surface area contributed by atoms with Gasteiger partial charge in [0.05, 0.1) is 22.6 Å². The molecule has 0 aliphatic rings. The molecule has 0 aliphatic carbocycles. The predicted octanol–water partition coefficient (Wildman–Crippen LogP) is 7.01. The van der Waals surface area contributed by atoms with Gasteiger partial charge in [0, 0.05) is 6.20 Å². The molecule has 0 aliphatic heterocycles. The highest BCUT2D eigenvalue weighted by Crippen LogP contribution is 2.39. The van der Waals surface area contributed by atoms with Crippen molar-refractivity contribution < 1.29 is 17.9 Å². The Hall–Kier alpha value is -2.34. The lowest BCUT2D eigenvalue weighted by atomic mass is 10.1. The van der Waals surface area contributed by atoms with Gasteiger partial charge < -0.3 is 4.74 Å². The van der Waals surface area contributed by atoms with Gasteiger partial charge in [0.1, 0.15) is 5.75 Å². The van der Waals surface area contributed by atoms with Gasteiger partial charge in [-0.3, -0.25) is 4.98 Å². The number of ether oxygens (including phenoxy) is 1. The third-order valence-corrected chi connectivity index (χ3v) is 5.28. The van der Waals surface area contributed by atoms with Crippen LogP contribution in [0.1, 0.15) is 36.8 Å². The van der Waals surface area contributed by atoms with Crippen LogP contribution in [0.5, 0.6) is 5.75 Å². The van der Waals surface area contributed by atoms with Crippen LogP contribution in [-0.4, -0.2) is 11.6 Å². The number of unbranched alkanes of at least 4 members (excludes halogenated alkanes) is 3. The number of hydrogen-bond acceptors (Lipinski definition) is 3. The molecule has 148 valence electrons. The fraction of sp³-hybridized carbons (Fsp3) is 0.318. The second-order valence-corrected chi connectivity index (χ2v) is 7.46. The lowest BCUT2D eigenvalue weighted by Crippen LogP contribution is -2.09. The Morgan fingerprint density at radius 2 is 1.71 bits per heavy atom. The number of thiazole rings is 1. The minimum atomic E-state index is -4.45. The number of rotatable bonds is 9. The van der Waals surface area contributed by atoms with Crippen LogP contribution in [0, 0.1) is 0 Å². The molecule has 1 heterocycles. The normalized spacial score (nSPS) is 11.5. The first kappa shape index (κ1) is 20.4. The van der Waals surface area contributed by atoms with Crippen LogP contribution in [-0.2, 0) is 12.6 Å². The summed E-state index contributed by atoms with van der Waals surface area (Å²) in [6.07, 6.45) is 1.92. The number of benzene rings is 2. The second kappa shape index (κ2) is 9.73. The summed E-state index contributed by atoms with van der Waals surface area (Å²) in [5, 5.41) is 0. The van der Waals surface area contributed by atoms with Crippen LogP contribution in [0.2, 0.25) is 0 Å². The maximum atomic E-state index is 13.4. The van der Waals surface area contributed by atoms with E-state index in [4.69, 9.17) is 4.74 Å². The Kier molecular flexibility index (Phi) is 7.09. The van der Waals surface area contributed by atoms with Crippen LogP contribution in [0.25, 0.3) is 10.4 Å². The molecule has 2 nitrogen and oxygen atoms in total. The monoisotopic (exact) mass is 405 g/mol. The molecule has 3 rings (SSSR count). The summed E-state index contributed by atoms with van der Waals surface area (Å²) in [6, 6.07) is 14.5. The minimum absolute atomic E-state index is 0.106. The first-order chi connectivity index (χ1) is 13.5. The molecule has 0 unspecified atom stereocenters. The summed E-state index contributed by atoms with van der Waals surface area (Å²) in [5.41, 5.74) is 2.69. The summed E-state index contributed by atoms with van der Waals surface area (Å²) in [7, 11) is 0. The van der Waals surface area contributed by atoms with Gasteiger partial charge in [0.25, 0.3) is 0 Å². The molecular formula is C22H22F3NOS. The van der Waals surface area contributed by atoms with Crippen LogP contribution < -0.4 is 4.74 Å². The highest BCUT2D eigenvalue weighted by atomic mass is 32.1. The molecule has 0 bridgehead atoms. The van der Waals surface area contributed by atoms with Gasteiger partial charge in [-0.25, -0.2) is 0 Å². The van der Waals surface area contributed by atoms with Crippen molar-refractivity contribution >= 4 is 11.3 Å². The van der Waals surface area contributed by atoms with Gasteiger partial charge in [-0.05, 0) is 48.6 Å². The first-order valence-electron chi connectivity index (χ1n) is 9.31. The molecule has 3 aromatic rings. The molecule has 0 radical (unpaired) electrons. The molecule has 0 N–H and O–H groups in total. The largest absolute Gasteiger partial charge is 0.493 e. The third kappa shape index (κ3) is 5.83. The molecule has 0 saturated heterocycles. The van der Waals surface area contributed by atoms with E-state index in [9.17, 15) is 13.2 Å². The molecule has 0 fully saturated rings. The highest BCUT2D eigenvalue weighted by molar-refractivity contribution is 7.13. The average Bonchev–Trinajstić information content (AvgIpc) is 3.22. The number of alkyl halides is 3. The summed E-state index contributed by atoms with van der Waals surface area (Å²) < 4.78 is 45.7. The first-order valence-corrected chi connectivity index (χ1v) is 10.2. The zero-order valence-corrected chi connectivity index (χ0v) is 16.2. The van der Waals surface area contributed by atoms with E-state index < -0.39 is 11.7 Å². The predicted molar refractivity (Wildman–Crippen MR) is 107 cm³/mol. The number of aromatic nitrogens is 1. The summed E-state index contributed by atoms with van der Waals surface area (Å²) in [4.78, 5) is 4.63. The number of nitrogens with zero attached hydrogens (tertiary/aromatic N) is 1. The standard InChI is InChI=1S/C22H22F3NOS/c23-22(24,25)19-14-18(21-15-26-16-28-21)11-12-20(19)27-13-7-2-1-4-8-17-9-5-3-6-10-17/h3,5-6,9-12,14-16H,1-2,4,7-8,13H2. The molecule has 0 saturated carbocycles. The topological polar surface area (TPSA) is 22.1 Å². The van der Waals surface area contributed by atoms with E-state index in [1.807, 2.05) is 18.2 Å². The summed E-state index contributed by atoms with van der Waals surface area (Å²) in [5.74, 6) is -0.106. The molecule has 28 heavy (non-hydrogen) atoms. The Balaban J connectivity index is 1.48. The summed E-state index contributed by atoms with van der Waals surface area (Å²) in [6.45, 7) is 0.286. The molecule has 1 aromatic heterocycles. The Morgan fingerprint density at radius 3 is 2.43 bits per heavy atom. The maximum absolute atomic E-state index is 13.4. The van der Waals surface area contributed by atoms with Gasteiger partial charge in [0.15, 0.2) is 0 Å². The van der Waals surface area contributed by atoms with Crippen molar-refractivity contribution in [2.24, 2.45) is 0 Å². The maximum Gasteiger partial charge on any atom is 0.419 e. The molecule has 0 spiro atoms. The van der Waals surface area contributed by atoms with E-state index in [0.717, 1.165) is 38.2 Å². The van der Waals surface area contributed by atoms with Crippen LogP contribution in [0.3, 0.4) is 0 Å². The zero-order chi connectivity index (χ0) is 19.8. The lowest BCUT2D eigenvalue weighted by molar-refractivity contribution is -0.138. The van der Waals surface area contributed by atoms with Gasteiger partial charge >= 0.3 is 6.18 Å². The van der Waals surface area contributed by atoms with Gasteiger partial charge in [0.2, 0.25) is 0 Å². The zero-order valence-electron chi connectivity index (χ0n) is 15.4. The quantitative estimate of drug-likeness (QED) is 0.357. The van der Waals surface area contributed by atoms with E-state index in [0.29, 0.717) is 10.4 Å². The van der Waals surface area contributed by atoms with Crippen molar-refractivity contribution in [2.75, 3.05) is 6.61 Å². The lowest BCUT2D eigenvalue weighted by Gasteiger charge is -2.15. The second-order valence-electron chi connectivity index (χ2n) is 6.57. The average molecular weight is 405 g/mol. The fourth-order valence-electron chi connectivity index (χ4n) is 3.00. The van der Waals surface area contributed by atoms with Crippen molar-refractivity contribution in [3.63, 3.8) is 0 Å². The molecule has 2 aromatic carbocycles. The van der Waals surface area contributed by atoms with E-state index >= 15 is 0 Å². The number of aryl methyl sites for hydroxylation is 1. The third-order valence-electron chi connectivity index (χ3n) is 4.46. The van der Waals surface area contributed by atoms with Crippen molar-refractivity contribution in [2.45, 2.75) is 38.3 Å². The molecule has 0 amide bonds. The van der Waals surface area contributed by atoms with Crippen molar-refractivity contribution in [3.8, 4) is 16.2 Å². The van der Waals surface area contributed by atoms with E-state index in [2.05, 4.69) is 17.1 Å². The van der Waals surface area contributed by atoms with Gasteiger partial charge in [-0.15, -0.1) is 11.3 Å². The van der Waals surface area contributed by atoms with Crippen molar-refractivity contribution in [1.29, 1.82) is 0 Å². The molecular weight excluding hydrogens is 383 g/mol. The van der Waals surface area contributed by atoms with E-state index in [1.165, 1.54) is 23.0 Å².